The molecule has 3 rings (SSSR count). The molecule has 23 heteroatoms. The molecule has 20 nitrogen and oxygen atoms in total. The lowest BCUT2D eigenvalue weighted by Gasteiger charge is -2.19. The number of H-pyrrole nitrogens is 1. The van der Waals surface area contributed by atoms with E-state index in [-0.39, 0.29) is 12.1 Å². The number of aliphatic hydroxyl groups excluding tert-OH is 2. The molecule has 214 valence electrons. The number of nitrogens with one attached hydrogen (secondary N) is 1. The van der Waals surface area contributed by atoms with Crippen LogP contribution < -0.4 is 11.2 Å². The zero-order valence-electron chi connectivity index (χ0n) is 19.1. The Morgan fingerprint density at radius 3 is 2.26 bits per heavy atom. The molecule has 1 aliphatic rings. The number of aromatic nitrogens is 2. The summed E-state index contributed by atoms with van der Waals surface area (Å²) in [6.07, 6.45) is -5.85. The highest BCUT2D eigenvalue weighted by atomic mass is 31.3. The van der Waals surface area contributed by atoms with Crippen molar-refractivity contribution in [1.82, 2.24) is 9.55 Å². The molecule has 0 amide bonds. The topological polar surface area (TPSA) is 313 Å². The van der Waals surface area contributed by atoms with Gasteiger partial charge in [0, 0.05) is 16.8 Å². The third-order valence-electron chi connectivity index (χ3n) is 4.97. The lowest BCUT2D eigenvalue weighted by Crippen LogP contribution is -2.36. The van der Waals surface area contributed by atoms with Gasteiger partial charge in [-0.2, -0.15) is 8.62 Å². The summed E-state index contributed by atoms with van der Waals surface area (Å²) in [6.45, 7) is -1.17. The summed E-state index contributed by atoms with van der Waals surface area (Å²) in [6, 6.07) is 6.06. The fourth-order valence-corrected chi connectivity index (χ4v) is 6.41. The van der Waals surface area contributed by atoms with Crippen LogP contribution in [-0.4, -0.2) is 64.3 Å². The Morgan fingerprint density at radius 1 is 1.03 bits per heavy atom. The van der Waals surface area contributed by atoms with Crippen molar-refractivity contribution in [3.8, 4) is 0 Å². The van der Waals surface area contributed by atoms with Gasteiger partial charge in [-0.1, -0.05) is 29.4 Å². The van der Waals surface area contributed by atoms with Crippen molar-refractivity contribution >= 4 is 29.2 Å². The minimum atomic E-state index is -5.79. The lowest BCUT2D eigenvalue weighted by atomic mass is 10.0. The zero-order chi connectivity index (χ0) is 29.2. The molecule has 1 aromatic carbocycles. The number of ether oxygens (including phenoxy) is 1. The van der Waals surface area contributed by atoms with Crippen molar-refractivity contribution in [3.63, 3.8) is 0 Å². The molecule has 0 spiro atoms. The molecule has 2 heterocycles. The largest absolute Gasteiger partial charge is 0.490 e. The second-order valence-corrected chi connectivity index (χ2v) is 12.2. The number of hydrogen-bond donors (Lipinski definition) is 7. The summed E-state index contributed by atoms with van der Waals surface area (Å²) >= 11 is 0. The van der Waals surface area contributed by atoms with Gasteiger partial charge in [0.2, 0.25) is 0 Å². The van der Waals surface area contributed by atoms with E-state index in [1.54, 1.807) is 12.1 Å². The Labute approximate surface area is 216 Å². The number of phosphoric acid groups is 3. The normalized spacial score (nSPS) is 24.5. The first kappa shape index (κ1) is 31.0. The molecule has 1 fully saturated rings. The van der Waals surface area contributed by atoms with Gasteiger partial charge in [0.05, 0.1) is 18.7 Å². The zero-order valence-corrected chi connectivity index (χ0v) is 21.8. The van der Waals surface area contributed by atoms with Gasteiger partial charge in [-0.3, -0.25) is 18.9 Å². The Morgan fingerprint density at radius 2 is 1.67 bits per heavy atom. The molecular formula is C16H20N5O15P3. The Kier molecular flexibility index (Phi) is 9.50. The molecule has 0 bridgehead atoms. The highest BCUT2D eigenvalue weighted by Gasteiger charge is 2.47. The molecule has 1 aromatic heterocycles. The third-order valence-corrected chi connectivity index (χ3v) is 8.78. The first-order chi connectivity index (χ1) is 18.0. The highest BCUT2D eigenvalue weighted by Crippen LogP contribution is 2.66. The maximum Gasteiger partial charge on any atom is 0.490 e. The number of hydrogen-bond acceptors (Lipinski definition) is 12. The minimum Gasteiger partial charge on any atom is -0.387 e. The van der Waals surface area contributed by atoms with Crippen LogP contribution in [0.4, 0.5) is 5.69 Å². The number of benzene rings is 1. The van der Waals surface area contributed by atoms with Gasteiger partial charge in [-0.05, 0) is 11.1 Å². The Bertz CT molecular complexity index is 1510. The van der Waals surface area contributed by atoms with E-state index < -0.39 is 65.7 Å². The molecular weight excluding hydrogens is 595 g/mol. The van der Waals surface area contributed by atoms with Crippen LogP contribution in [0.2, 0.25) is 0 Å². The summed E-state index contributed by atoms with van der Waals surface area (Å²) in [4.78, 5) is 65.2. The number of aliphatic hydroxyl groups is 2. The monoisotopic (exact) mass is 615 g/mol. The van der Waals surface area contributed by atoms with Crippen molar-refractivity contribution in [2.75, 3.05) is 6.61 Å². The van der Waals surface area contributed by atoms with Crippen LogP contribution in [0, 0.1) is 0 Å². The van der Waals surface area contributed by atoms with Crippen molar-refractivity contribution in [3.05, 3.63) is 72.9 Å². The smallest absolute Gasteiger partial charge is 0.387 e. The summed E-state index contributed by atoms with van der Waals surface area (Å²) in [5, 5.41) is 24.1. The lowest BCUT2D eigenvalue weighted by molar-refractivity contribution is -0.0228. The molecule has 1 aliphatic heterocycles. The van der Waals surface area contributed by atoms with Crippen LogP contribution in [0.1, 0.15) is 17.2 Å². The maximum absolute atomic E-state index is 12.4. The van der Waals surface area contributed by atoms with E-state index in [0.29, 0.717) is 11.3 Å². The molecule has 0 radical (unpaired) electrons. The van der Waals surface area contributed by atoms with Crippen LogP contribution in [0.15, 0.2) is 45.2 Å². The van der Waals surface area contributed by atoms with Crippen LogP contribution in [0.25, 0.3) is 10.4 Å². The first-order valence-corrected chi connectivity index (χ1v) is 14.8. The van der Waals surface area contributed by atoms with E-state index in [2.05, 4.69) is 23.2 Å². The summed E-state index contributed by atoms with van der Waals surface area (Å²) in [5.74, 6) is 0. The average molecular weight is 615 g/mol. The molecule has 2 unspecified atom stereocenters. The summed E-state index contributed by atoms with van der Waals surface area (Å²) in [7, 11) is -17.0. The predicted octanol–water partition coefficient (Wildman–Crippen LogP) is 0.0317. The quantitative estimate of drug-likeness (QED) is 0.0759. The molecule has 6 atom stereocenters. The van der Waals surface area contributed by atoms with Crippen molar-refractivity contribution in [1.29, 1.82) is 0 Å². The fourth-order valence-electron chi connectivity index (χ4n) is 3.38. The van der Waals surface area contributed by atoms with E-state index in [1.807, 2.05) is 4.98 Å². The van der Waals surface area contributed by atoms with Crippen molar-refractivity contribution < 1.29 is 61.4 Å². The van der Waals surface area contributed by atoms with Gasteiger partial charge < -0.3 is 34.5 Å². The molecule has 0 saturated carbocycles. The van der Waals surface area contributed by atoms with E-state index in [4.69, 9.17) is 20.1 Å². The third kappa shape index (κ3) is 8.49. The van der Waals surface area contributed by atoms with Gasteiger partial charge in [-0.25, -0.2) is 18.5 Å². The second-order valence-electron chi connectivity index (χ2n) is 7.79. The van der Waals surface area contributed by atoms with Gasteiger partial charge >= 0.3 is 29.2 Å². The molecule has 2 aromatic rings. The standard InChI is InChI=1S/C16H20N5O15P3/c17-20-19-9-3-1-8(2-4-9)5-21-6-10(15(24)18-16(21)25)14-13(23)12(22)11(34-14)7-33-38(29,30)36-39(31,32)35-37(26,27)28/h1-4,6,11-14,22-23H,5,7H2,(H,29,30)(H,31,32)(H,18,24,25)(H2,26,27,28)/t11-,12-,13-,14+/m1/s1. The summed E-state index contributed by atoms with van der Waals surface area (Å²) < 4.78 is 52.0. The second kappa shape index (κ2) is 11.9. The molecule has 7 N–H and O–H groups in total. The highest BCUT2D eigenvalue weighted by molar-refractivity contribution is 7.66. The number of nitrogens with zero attached hydrogens (tertiary/aromatic N) is 4. The molecule has 0 aliphatic carbocycles. The van der Waals surface area contributed by atoms with Gasteiger partial charge in [0.1, 0.15) is 24.4 Å². The van der Waals surface area contributed by atoms with E-state index in [0.717, 1.165) is 10.8 Å². The van der Waals surface area contributed by atoms with E-state index in [1.165, 1.54) is 12.1 Å². The molecule has 1 saturated heterocycles. The summed E-state index contributed by atoms with van der Waals surface area (Å²) in [5.41, 5.74) is 7.19. The van der Waals surface area contributed by atoms with Crippen LogP contribution >= 0.6 is 23.5 Å². The minimum absolute atomic E-state index is 0.0833. The average Bonchev–Trinajstić information content (AvgIpc) is 3.07. The molecule has 39 heavy (non-hydrogen) atoms. The number of aromatic amines is 1. The van der Waals surface area contributed by atoms with Crippen molar-refractivity contribution in [2.24, 2.45) is 5.11 Å². The van der Waals surface area contributed by atoms with Crippen LogP contribution in [-0.2, 0) is 38.1 Å². The number of azide groups is 1. The van der Waals surface area contributed by atoms with Crippen molar-refractivity contribution in [2.45, 2.75) is 31.0 Å². The SMILES string of the molecule is [N-]=[N+]=Nc1ccc(Cn2cc([C@@H]3O[C@H](COP(=O)(O)OP(=O)(O)OP(=O)(O)O)[C@@H](O)[C@H]3O)c(=O)[nH]c2=O)cc1. The number of rotatable bonds is 11. The van der Waals surface area contributed by atoms with Gasteiger partial charge in [-0.15, -0.1) is 0 Å². The fraction of sp³-hybridized carbons (Fsp3) is 0.375. The number of phosphoric ester groups is 1. The van der Waals surface area contributed by atoms with Crippen LogP contribution in [0.3, 0.4) is 0 Å². The predicted molar refractivity (Wildman–Crippen MR) is 125 cm³/mol. The van der Waals surface area contributed by atoms with Crippen LogP contribution in [0.5, 0.6) is 0 Å². The van der Waals surface area contributed by atoms with E-state index in [9.17, 15) is 43.3 Å². The van der Waals surface area contributed by atoms with Gasteiger partial charge in [0.15, 0.2) is 0 Å². The first-order valence-electron chi connectivity index (χ1n) is 10.3. The van der Waals surface area contributed by atoms with Gasteiger partial charge in [0.25, 0.3) is 5.56 Å². The van der Waals surface area contributed by atoms with E-state index >= 15 is 0 Å². The maximum atomic E-state index is 12.4. The Hall–Kier alpha value is -2.50. The Balaban J connectivity index is 1.75.